The minimum Gasteiger partial charge on any atom is -0.493 e. The standard InChI is InChI=1S/C19H31N3O4/c1-7-20-18(23)12-22(8-2)13-19(24)21(4)11-15-10-17(26-6)16(25-5)9-14(15)3/h9-10H,7-8,11-13H2,1-6H3,(H,20,23). The summed E-state index contributed by atoms with van der Waals surface area (Å²) in [5, 5.41) is 2.75. The van der Waals surface area contributed by atoms with Crippen LogP contribution in [0.3, 0.4) is 0 Å². The second-order valence-electron chi connectivity index (χ2n) is 6.14. The van der Waals surface area contributed by atoms with Crippen LogP contribution < -0.4 is 14.8 Å². The van der Waals surface area contributed by atoms with Crippen molar-refractivity contribution in [3.8, 4) is 11.5 Å². The smallest absolute Gasteiger partial charge is 0.236 e. The van der Waals surface area contributed by atoms with Crippen LogP contribution >= 0.6 is 0 Å². The number of hydrogen-bond donors (Lipinski definition) is 1. The number of aryl methyl sites for hydroxylation is 1. The van der Waals surface area contributed by atoms with Crippen LogP contribution in [0.5, 0.6) is 11.5 Å². The third-order valence-corrected chi connectivity index (χ3v) is 4.22. The Bertz CT molecular complexity index is 619. The quantitative estimate of drug-likeness (QED) is 0.679. The van der Waals surface area contributed by atoms with Crippen molar-refractivity contribution in [2.24, 2.45) is 0 Å². The molecule has 26 heavy (non-hydrogen) atoms. The van der Waals surface area contributed by atoms with Crippen molar-refractivity contribution in [2.45, 2.75) is 27.3 Å². The molecule has 0 saturated carbocycles. The molecule has 0 aliphatic rings. The van der Waals surface area contributed by atoms with Crippen molar-refractivity contribution in [3.63, 3.8) is 0 Å². The van der Waals surface area contributed by atoms with Gasteiger partial charge in [-0.15, -0.1) is 0 Å². The van der Waals surface area contributed by atoms with Gasteiger partial charge in [-0.25, -0.2) is 0 Å². The first-order chi connectivity index (χ1) is 12.4. The lowest BCUT2D eigenvalue weighted by atomic mass is 10.1. The third-order valence-electron chi connectivity index (χ3n) is 4.22. The van der Waals surface area contributed by atoms with Gasteiger partial charge in [-0.05, 0) is 43.7 Å². The zero-order valence-electron chi connectivity index (χ0n) is 16.7. The molecule has 0 aromatic heterocycles. The van der Waals surface area contributed by atoms with Crippen LogP contribution in [-0.2, 0) is 16.1 Å². The van der Waals surface area contributed by atoms with Gasteiger partial charge in [0, 0.05) is 20.1 Å². The van der Waals surface area contributed by atoms with E-state index in [1.807, 2.05) is 37.8 Å². The highest BCUT2D eigenvalue weighted by Crippen LogP contribution is 2.30. The number of methoxy groups -OCH3 is 2. The number of carbonyl (C=O) groups is 2. The Morgan fingerprint density at radius 1 is 1.08 bits per heavy atom. The summed E-state index contributed by atoms with van der Waals surface area (Å²) < 4.78 is 10.6. The molecular formula is C19H31N3O4. The normalized spacial score (nSPS) is 10.6. The van der Waals surface area contributed by atoms with E-state index in [1.165, 1.54) is 0 Å². The predicted octanol–water partition coefficient (Wildman–Crippen LogP) is 1.43. The minimum atomic E-state index is -0.0689. The second-order valence-corrected chi connectivity index (χ2v) is 6.14. The number of nitrogens with one attached hydrogen (secondary N) is 1. The number of hydrogen-bond acceptors (Lipinski definition) is 5. The van der Waals surface area contributed by atoms with Crippen molar-refractivity contribution in [2.75, 3.05) is 47.4 Å². The summed E-state index contributed by atoms with van der Waals surface area (Å²) >= 11 is 0. The fourth-order valence-corrected chi connectivity index (χ4v) is 2.58. The lowest BCUT2D eigenvalue weighted by Gasteiger charge is -2.24. The molecule has 0 aliphatic carbocycles. The summed E-state index contributed by atoms with van der Waals surface area (Å²) in [6.07, 6.45) is 0. The van der Waals surface area contributed by atoms with E-state index in [1.54, 1.807) is 26.2 Å². The van der Waals surface area contributed by atoms with E-state index in [2.05, 4.69) is 5.32 Å². The number of amides is 2. The van der Waals surface area contributed by atoms with Crippen LogP contribution in [0.25, 0.3) is 0 Å². The van der Waals surface area contributed by atoms with E-state index in [4.69, 9.17) is 9.47 Å². The molecule has 1 rings (SSSR count). The number of rotatable bonds is 10. The molecule has 0 radical (unpaired) electrons. The van der Waals surface area contributed by atoms with E-state index in [9.17, 15) is 9.59 Å². The molecule has 0 fully saturated rings. The Hall–Kier alpha value is -2.28. The summed E-state index contributed by atoms with van der Waals surface area (Å²) in [5.41, 5.74) is 2.02. The van der Waals surface area contributed by atoms with E-state index >= 15 is 0 Å². The highest BCUT2D eigenvalue weighted by molar-refractivity contribution is 5.81. The van der Waals surface area contributed by atoms with E-state index in [0.29, 0.717) is 31.1 Å². The van der Waals surface area contributed by atoms with Crippen LogP contribution in [0.15, 0.2) is 12.1 Å². The largest absolute Gasteiger partial charge is 0.493 e. The molecule has 0 saturated heterocycles. The van der Waals surface area contributed by atoms with Gasteiger partial charge in [0.05, 0.1) is 27.3 Å². The van der Waals surface area contributed by atoms with Gasteiger partial charge >= 0.3 is 0 Å². The van der Waals surface area contributed by atoms with Gasteiger partial charge in [-0.2, -0.15) is 0 Å². The monoisotopic (exact) mass is 365 g/mol. The summed E-state index contributed by atoms with van der Waals surface area (Å²) in [5.74, 6) is 1.20. The Kier molecular flexibility index (Phi) is 8.92. The fourth-order valence-electron chi connectivity index (χ4n) is 2.58. The van der Waals surface area contributed by atoms with E-state index in [0.717, 1.165) is 11.1 Å². The van der Waals surface area contributed by atoms with Crippen molar-refractivity contribution >= 4 is 11.8 Å². The van der Waals surface area contributed by atoms with Crippen molar-refractivity contribution in [1.29, 1.82) is 0 Å². The first-order valence-electron chi connectivity index (χ1n) is 8.80. The summed E-state index contributed by atoms with van der Waals surface area (Å²) in [7, 11) is 4.95. The van der Waals surface area contributed by atoms with Gasteiger partial charge in [-0.1, -0.05) is 6.92 Å². The van der Waals surface area contributed by atoms with Crippen molar-refractivity contribution in [1.82, 2.24) is 15.1 Å². The lowest BCUT2D eigenvalue weighted by molar-refractivity contribution is -0.132. The van der Waals surface area contributed by atoms with Crippen molar-refractivity contribution in [3.05, 3.63) is 23.3 Å². The van der Waals surface area contributed by atoms with Crippen LogP contribution in [0.4, 0.5) is 0 Å². The highest BCUT2D eigenvalue weighted by Gasteiger charge is 2.17. The molecule has 7 nitrogen and oxygen atoms in total. The maximum absolute atomic E-state index is 12.5. The van der Waals surface area contributed by atoms with Crippen LogP contribution in [0.1, 0.15) is 25.0 Å². The zero-order valence-corrected chi connectivity index (χ0v) is 16.7. The van der Waals surface area contributed by atoms with E-state index in [-0.39, 0.29) is 24.9 Å². The number of likely N-dealkylation sites (N-methyl/N-ethyl adjacent to an activating group) is 3. The van der Waals surface area contributed by atoms with Gasteiger partial charge in [0.25, 0.3) is 0 Å². The molecule has 1 aromatic carbocycles. The van der Waals surface area contributed by atoms with Crippen molar-refractivity contribution < 1.29 is 19.1 Å². The molecule has 0 heterocycles. The summed E-state index contributed by atoms with van der Waals surface area (Å²) in [6, 6.07) is 3.80. The first kappa shape index (κ1) is 21.8. The highest BCUT2D eigenvalue weighted by atomic mass is 16.5. The molecule has 0 unspecified atom stereocenters. The Balaban J connectivity index is 2.75. The molecular weight excluding hydrogens is 334 g/mol. The molecule has 7 heteroatoms. The number of ether oxygens (including phenoxy) is 2. The van der Waals surface area contributed by atoms with Crippen LogP contribution in [0.2, 0.25) is 0 Å². The second kappa shape index (κ2) is 10.7. The van der Waals surface area contributed by atoms with E-state index < -0.39 is 0 Å². The zero-order chi connectivity index (χ0) is 19.7. The van der Waals surface area contributed by atoms with Crippen LogP contribution in [0, 0.1) is 6.92 Å². The minimum absolute atomic E-state index is 0.0367. The number of benzene rings is 1. The molecule has 1 N–H and O–H groups in total. The number of carbonyl (C=O) groups excluding carboxylic acids is 2. The third kappa shape index (κ3) is 6.22. The molecule has 2 amide bonds. The average Bonchev–Trinajstić information content (AvgIpc) is 2.62. The van der Waals surface area contributed by atoms with Gasteiger partial charge < -0.3 is 19.7 Å². The summed E-state index contributed by atoms with van der Waals surface area (Å²) in [4.78, 5) is 27.8. The van der Waals surface area contributed by atoms with Gasteiger partial charge in [0.2, 0.25) is 11.8 Å². The van der Waals surface area contributed by atoms with Gasteiger partial charge in [0.15, 0.2) is 11.5 Å². The topological polar surface area (TPSA) is 71.1 Å². The average molecular weight is 365 g/mol. The van der Waals surface area contributed by atoms with Gasteiger partial charge in [-0.3, -0.25) is 14.5 Å². The SMILES string of the molecule is CCNC(=O)CN(CC)CC(=O)N(C)Cc1cc(OC)c(OC)cc1C. The predicted molar refractivity (Wildman–Crippen MR) is 102 cm³/mol. The molecule has 0 atom stereocenters. The summed E-state index contributed by atoms with van der Waals surface area (Å²) in [6.45, 7) is 7.89. The maximum Gasteiger partial charge on any atom is 0.236 e. The molecule has 0 bridgehead atoms. The molecule has 0 aliphatic heterocycles. The fraction of sp³-hybridized carbons (Fsp3) is 0.579. The first-order valence-corrected chi connectivity index (χ1v) is 8.80. The Morgan fingerprint density at radius 3 is 2.23 bits per heavy atom. The molecule has 1 aromatic rings. The maximum atomic E-state index is 12.5. The Morgan fingerprint density at radius 2 is 1.69 bits per heavy atom. The lowest BCUT2D eigenvalue weighted by Crippen LogP contribution is -2.43. The van der Waals surface area contributed by atoms with Gasteiger partial charge in [0.1, 0.15) is 0 Å². The molecule has 146 valence electrons. The Labute approximate surface area is 156 Å². The van der Waals surface area contributed by atoms with Crippen LogP contribution in [-0.4, -0.2) is 69.1 Å². The molecule has 0 spiro atoms. The number of nitrogens with zero attached hydrogens (tertiary/aromatic N) is 2.